The van der Waals surface area contributed by atoms with Crippen molar-refractivity contribution in [1.29, 1.82) is 0 Å². The van der Waals surface area contributed by atoms with Gasteiger partial charge in [0.15, 0.2) is 5.76 Å². The van der Waals surface area contributed by atoms with E-state index in [0.717, 1.165) is 22.4 Å². The lowest BCUT2D eigenvalue weighted by Crippen LogP contribution is -2.10. The number of halogens is 2. The highest BCUT2D eigenvalue weighted by Crippen LogP contribution is 2.23. The minimum Gasteiger partial charge on any atom is -0.486 e. The number of nitrogens with zero attached hydrogens (tertiary/aromatic N) is 2. The molecule has 0 aliphatic heterocycles. The molecule has 2 heterocycles. The van der Waals surface area contributed by atoms with Gasteiger partial charge in [0, 0.05) is 6.20 Å². The molecule has 8 heteroatoms. The zero-order valence-corrected chi connectivity index (χ0v) is 19.1. The number of amides is 1. The summed E-state index contributed by atoms with van der Waals surface area (Å²) >= 11 is 12.0. The molecule has 6 nitrogen and oxygen atoms in total. The van der Waals surface area contributed by atoms with Crippen molar-refractivity contribution in [3.8, 4) is 5.75 Å². The lowest BCUT2D eigenvalue weighted by Gasteiger charge is -2.06. The first-order valence-electron chi connectivity index (χ1n) is 9.93. The van der Waals surface area contributed by atoms with Crippen LogP contribution in [0, 0.1) is 13.8 Å². The molecule has 0 aliphatic carbocycles. The summed E-state index contributed by atoms with van der Waals surface area (Å²) in [6.07, 6.45) is 3.30. The number of ether oxygens (including phenoxy) is 1. The first-order valence-corrected chi connectivity index (χ1v) is 10.7. The Morgan fingerprint density at radius 2 is 1.84 bits per heavy atom. The van der Waals surface area contributed by atoms with Crippen LogP contribution >= 0.6 is 23.2 Å². The molecule has 4 rings (SSSR count). The SMILES string of the molecule is Cc1cc(C)cc(OCc2ccc(C(=O)Nc3cnn(Cc4ccc(Cl)c(Cl)c4)c3)o2)c1. The third-order valence-electron chi connectivity index (χ3n) is 4.68. The average molecular weight is 470 g/mol. The third-order valence-corrected chi connectivity index (χ3v) is 5.42. The van der Waals surface area contributed by atoms with Gasteiger partial charge in [-0.1, -0.05) is 35.3 Å². The molecular formula is C24H21Cl2N3O3. The molecule has 0 fully saturated rings. The fourth-order valence-electron chi connectivity index (χ4n) is 3.28. The summed E-state index contributed by atoms with van der Waals surface area (Å²) in [5.74, 6) is 1.15. The molecule has 4 aromatic rings. The Morgan fingerprint density at radius 3 is 2.59 bits per heavy atom. The smallest absolute Gasteiger partial charge is 0.291 e. The second kappa shape index (κ2) is 9.51. The Labute approximate surface area is 195 Å². The van der Waals surface area contributed by atoms with Crippen LogP contribution in [0.4, 0.5) is 5.69 Å². The van der Waals surface area contributed by atoms with E-state index in [1.54, 1.807) is 41.3 Å². The van der Waals surface area contributed by atoms with Crippen LogP contribution < -0.4 is 10.1 Å². The van der Waals surface area contributed by atoms with Gasteiger partial charge in [0.25, 0.3) is 5.91 Å². The van der Waals surface area contributed by atoms with Crippen LogP contribution in [0.3, 0.4) is 0 Å². The predicted octanol–water partition coefficient (Wildman–Crippen LogP) is 6.28. The van der Waals surface area contributed by atoms with E-state index in [9.17, 15) is 4.79 Å². The van der Waals surface area contributed by atoms with Crippen molar-refractivity contribution in [3.05, 3.63) is 99.2 Å². The van der Waals surface area contributed by atoms with E-state index in [2.05, 4.69) is 16.5 Å². The van der Waals surface area contributed by atoms with Crippen LogP contribution in [0.2, 0.25) is 10.0 Å². The van der Waals surface area contributed by atoms with E-state index in [1.165, 1.54) is 0 Å². The standard InChI is InChI=1S/C24H21Cl2N3O3/c1-15-7-16(2)9-20(8-15)31-14-19-4-6-23(32-19)24(30)28-18-11-27-29(13-18)12-17-3-5-21(25)22(26)10-17/h3-11,13H,12,14H2,1-2H3,(H,28,30). The summed E-state index contributed by atoms with van der Waals surface area (Å²) in [7, 11) is 0. The molecule has 0 spiro atoms. The number of rotatable bonds is 7. The highest BCUT2D eigenvalue weighted by Gasteiger charge is 2.13. The number of hydrogen-bond acceptors (Lipinski definition) is 4. The molecule has 1 N–H and O–H groups in total. The van der Waals surface area contributed by atoms with Crippen molar-refractivity contribution in [2.45, 2.75) is 27.0 Å². The number of aromatic nitrogens is 2. The number of nitrogens with one attached hydrogen (secondary N) is 1. The van der Waals surface area contributed by atoms with Gasteiger partial charge in [0.05, 0.1) is 28.5 Å². The zero-order chi connectivity index (χ0) is 22.7. The number of hydrogen-bond donors (Lipinski definition) is 1. The van der Waals surface area contributed by atoms with Gasteiger partial charge < -0.3 is 14.5 Å². The molecule has 1 amide bonds. The van der Waals surface area contributed by atoms with Gasteiger partial charge >= 0.3 is 0 Å². The van der Waals surface area contributed by atoms with Crippen molar-refractivity contribution in [2.24, 2.45) is 0 Å². The number of furan rings is 1. The summed E-state index contributed by atoms with van der Waals surface area (Å²) in [5.41, 5.74) is 3.75. The number of carbonyl (C=O) groups excluding carboxylic acids is 1. The minimum absolute atomic E-state index is 0.196. The second-order valence-corrected chi connectivity index (χ2v) is 8.32. The Kier molecular flexibility index (Phi) is 6.53. The normalized spacial score (nSPS) is 10.9. The van der Waals surface area contributed by atoms with Gasteiger partial charge in [0.2, 0.25) is 0 Å². The molecular weight excluding hydrogens is 449 g/mol. The molecule has 0 atom stereocenters. The monoisotopic (exact) mass is 469 g/mol. The Hall–Kier alpha value is -3.22. The second-order valence-electron chi connectivity index (χ2n) is 7.51. The van der Waals surface area contributed by atoms with Gasteiger partial charge in [0.1, 0.15) is 18.1 Å². The van der Waals surface area contributed by atoms with Crippen LogP contribution in [0.5, 0.6) is 5.75 Å². The highest BCUT2D eigenvalue weighted by molar-refractivity contribution is 6.42. The van der Waals surface area contributed by atoms with Gasteiger partial charge in [-0.3, -0.25) is 9.48 Å². The third kappa shape index (κ3) is 5.52. The maximum atomic E-state index is 12.5. The van der Waals surface area contributed by atoms with Crippen molar-refractivity contribution in [3.63, 3.8) is 0 Å². The summed E-state index contributed by atoms with van der Waals surface area (Å²) in [4.78, 5) is 12.5. The maximum Gasteiger partial charge on any atom is 0.291 e. The Bertz CT molecular complexity index is 1240. The molecule has 32 heavy (non-hydrogen) atoms. The molecule has 164 valence electrons. The van der Waals surface area contributed by atoms with E-state index in [4.69, 9.17) is 32.4 Å². The number of benzene rings is 2. The average Bonchev–Trinajstić information content (AvgIpc) is 3.38. The van der Waals surface area contributed by atoms with Crippen molar-refractivity contribution >= 4 is 34.8 Å². The van der Waals surface area contributed by atoms with Crippen molar-refractivity contribution in [2.75, 3.05) is 5.32 Å². The fourth-order valence-corrected chi connectivity index (χ4v) is 3.60. The van der Waals surface area contributed by atoms with Crippen molar-refractivity contribution in [1.82, 2.24) is 9.78 Å². The van der Waals surface area contributed by atoms with Gasteiger partial charge in [-0.25, -0.2) is 0 Å². The van der Waals surface area contributed by atoms with Crippen LogP contribution in [0.15, 0.2) is 65.3 Å². The number of aryl methyl sites for hydroxylation is 2. The topological polar surface area (TPSA) is 69.3 Å². The minimum atomic E-state index is -0.364. The molecule has 0 aliphatic rings. The van der Waals surface area contributed by atoms with Crippen molar-refractivity contribution < 1.29 is 13.9 Å². The Balaban J connectivity index is 1.34. The molecule has 0 unspecified atom stereocenters. The molecule has 0 saturated heterocycles. The van der Waals surface area contributed by atoms with E-state index >= 15 is 0 Å². The summed E-state index contributed by atoms with van der Waals surface area (Å²) in [6, 6.07) is 14.7. The van der Waals surface area contributed by atoms with Crippen LogP contribution in [-0.4, -0.2) is 15.7 Å². The van der Waals surface area contributed by atoms with Gasteiger partial charge in [-0.05, 0) is 66.9 Å². The summed E-state index contributed by atoms with van der Waals surface area (Å²) < 4.78 is 13.1. The maximum absolute atomic E-state index is 12.5. The summed E-state index contributed by atoms with van der Waals surface area (Å²) in [6.45, 7) is 4.76. The first-order chi connectivity index (χ1) is 15.4. The van der Waals surface area contributed by atoms with Gasteiger partial charge in [-0.2, -0.15) is 5.10 Å². The van der Waals surface area contributed by atoms with Crippen LogP contribution in [-0.2, 0) is 13.2 Å². The van der Waals surface area contributed by atoms with E-state index in [-0.39, 0.29) is 18.3 Å². The van der Waals surface area contributed by atoms with E-state index in [1.807, 2.05) is 32.0 Å². The van der Waals surface area contributed by atoms with E-state index in [0.29, 0.717) is 28.0 Å². The quantitative estimate of drug-likeness (QED) is 0.345. The summed E-state index contributed by atoms with van der Waals surface area (Å²) in [5, 5.41) is 8.04. The largest absolute Gasteiger partial charge is 0.486 e. The fraction of sp³-hybridized carbons (Fsp3) is 0.167. The molecule has 2 aromatic carbocycles. The highest BCUT2D eigenvalue weighted by atomic mass is 35.5. The Morgan fingerprint density at radius 1 is 1.06 bits per heavy atom. The predicted molar refractivity (Wildman–Crippen MR) is 125 cm³/mol. The molecule has 0 saturated carbocycles. The number of carbonyl (C=O) groups is 1. The zero-order valence-electron chi connectivity index (χ0n) is 17.6. The molecule has 0 radical (unpaired) electrons. The van der Waals surface area contributed by atoms with E-state index < -0.39 is 0 Å². The number of anilines is 1. The van der Waals surface area contributed by atoms with Crippen LogP contribution in [0.25, 0.3) is 0 Å². The molecule has 0 bridgehead atoms. The van der Waals surface area contributed by atoms with Crippen LogP contribution in [0.1, 0.15) is 33.0 Å². The lowest BCUT2D eigenvalue weighted by atomic mass is 10.1. The first kappa shape index (κ1) is 22.0. The lowest BCUT2D eigenvalue weighted by molar-refractivity contribution is 0.0992. The molecule has 2 aromatic heterocycles. The van der Waals surface area contributed by atoms with Gasteiger partial charge in [-0.15, -0.1) is 0 Å².